The Morgan fingerprint density at radius 3 is 2.00 bits per heavy atom. The van der Waals surface area contributed by atoms with Gasteiger partial charge < -0.3 is 11.0 Å². The Balaban J connectivity index is 0. The summed E-state index contributed by atoms with van der Waals surface area (Å²) in [5, 5.41) is 8.09. The smallest absolute Gasteiger partial charge is 0 e. The summed E-state index contributed by atoms with van der Waals surface area (Å²) in [6.45, 7) is 5.12. The Hall–Kier alpha value is 1.06. The van der Waals surface area contributed by atoms with Gasteiger partial charge in [0.25, 0.3) is 0 Å². The van der Waals surface area contributed by atoms with Crippen LogP contribution >= 0.6 is 0 Å². The molecule has 0 aromatic rings. The molecule has 0 spiro atoms. The van der Waals surface area contributed by atoms with Crippen molar-refractivity contribution in [2.75, 3.05) is 0 Å². The topological polar surface area (TPSA) is 20.2 Å². The molecule has 7 heavy (non-hydrogen) atoms. The fraction of sp³-hybridized carbons (Fsp3) is 0.600. The minimum Gasteiger partial charge on any atom is -0.568 e. The quantitative estimate of drug-likeness (QED) is 0.631. The third-order valence-electron chi connectivity index (χ3n) is 0.500. The molecule has 1 radical (unpaired) electrons. The Labute approximate surface area is 70.4 Å². The summed E-state index contributed by atoms with van der Waals surface area (Å²) in [6, 6.07) is 0. The Bertz CT molecular complexity index is 29.3. The van der Waals surface area contributed by atoms with Gasteiger partial charge in [-0.2, -0.15) is 13.8 Å². The van der Waals surface area contributed by atoms with Crippen LogP contribution in [0.5, 0.6) is 0 Å². The van der Waals surface area contributed by atoms with E-state index in [9.17, 15) is 0 Å². The molecule has 0 rings (SSSR count). The first-order valence-corrected chi connectivity index (χ1v) is 2.02. The van der Waals surface area contributed by atoms with E-state index >= 15 is 0 Å². The SMILES string of the molecule is C[C-](C)C[CH-]O.[Y]. The number of aliphatic hydroxyl groups excluding tert-OH is 1. The molecule has 0 aliphatic heterocycles. The standard InChI is InChI=1S/C5H10O.Y/c1-5(2)3-4-6;/h4,6H,3H2,1-2H3;/q-2;. The maximum absolute atomic E-state index is 8.09. The van der Waals surface area contributed by atoms with Crippen LogP contribution in [-0.4, -0.2) is 5.11 Å². The molecule has 0 heterocycles. The van der Waals surface area contributed by atoms with Crippen LogP contribution < -0.4 is 0 Å². The van der Waals surface area contributed by atoms with E-state index in [1.54, 1.807) is 0 Å². The first-order valence-electron chi connectivity index (χ1n) is 2.02. The number of aliphatic hydroxyl groups is 1. The molecule has 1 N–H and O–H groups in total. The summed E-state index contributed by atoms with van der Waals surface area (Å²) < 4.78 is 0. The van der Waals surface area contributed by atoms with Gasteiger partial charge in [0.05, 0.1) is 0 Å². The summed E-state index contributed by atoms with van der Waals surface area (Å²) in [4.78, 5) is 0. The molecule has 1 nitrogen and oxygen atoms in total. The summed E-state index contributed by atoms with van der Waals surface area (Å²) in [5.41, 5.74) is 0. The van der Waals surface area contributed by atoms with Crippen LogP contribution in [0.4, 0.5) is 0 Å². The van der Waals surface area contributed by atoms with Crippen LogP contribution in [0.15, 0.2) is 0 Å². The van der Waals surface area contributed by atoms with Crippen LogP contribution in [-0.2, 0) is 32.7 Å². The van der Waals surface area contributed by atoms with Gasteiger partial charge >= 0.3 is 0 Å². The minimum absolute atomic E-state index is 0. The molecule has 0 saturated carbocycles. The summed E-state index contributed by atoms with van der Waals surface area (Å²) in [7, 11) is 0. The van der Waals surface area contributed by atoms with Gasteiger partial charge in [-0.05, 0) is 0 Å². The van der Waals surface area contributed by atoms with E-state index in [1.807, 2.05) is 13.8 Å². The summed E-state index contributed by atoms with van der Waals surface area (Å²) >= 11 is 0. The van der Waals surface area contributed by atoms with Crippen molar-refractivity contribution >= 4 is 0 Å². The third-order valence-corrected chi connectivity index (χ3v) is 0.500. The van der Waals surface area contributed by atoms with Crippen LogP contribution in [0.2, 0.25) is 0 Å². The van der Waals surface area contributed by atoms with Gasteiger partial charge in [-0.25, -0.2) is 6.61 Å². The van der Waals surface area contributed by atoms with Crippen molar-refractivity contribution < 1.29 is 37.8 Å². The van der Waals surface area contributed by atoms with Crippen molar-refractivity contribution in [1.82, 2.24) is 0 Å². The van der Waals surface area contributed by atoms with Crippen LogP contribution in [0, 0.1) is 12.5 Å². The second-order valence-electron chi connectivity index (χ2n) is 1.59. The normalized spacial score (nSPS) is 8.57. The third kappa shape index (κ3) is 11.0. The zero-order valence-electron chi connectivity index (χ0n) is 4.81. The fourth-order valence-corrected chi connectivity index (χ4v) is 0.183. The van der Waals surface area contributed by atoms with Crippen molar-refractivity contribution in [3.05, 3.63) is 12.5 Å². The van der Waals surface area contributed by atoms with Crippen molar-refractivity contribution in [3.8, 4) is 0 Å². The van der Waals surface area contributed by atoms with Gasteiger partial charge in [-0.1, -0.05) is 0 Å². The number of hydrogen-bond donors (Lipinski definition) is 1. The van der Waals surface area contributed by atoms with Gasteiger partial charge in [0, 0.05) is 32.7 Å². The van der Waals surface area contributed by atoms with Crippen LogP contribution in [0.1, 0.15) is 20.3 Å². The molecular weight excluding hydrogens is 165 g/mol. The van der Waals surface area contributed by atoms with E-state index in [-0.39, 0.29) is 32.7 Å². The van der Waals surface area contributed by atoms with E-state index < -0.39 is 0 Å². The molecule has 0 aliphatic carbocycles. The van der Waals surface area contributed by atoms with E-state index in [2.05, 4.69) is 0 Å². The van der Waals surface area contributed by atoms with E-state index in [0.717, 1.165) is 13.0 Å². The molecule has 0 aliphatic rings. The van der Waals surface area contributed by atoms with Gasteiger partial charge in [0.2, 0.25) is 0 Å². The summed E-state index contributed by atoms with van der Waals surface area (Å²) in [5.74, 6) is 1.23. The van der Waals surface area contributed by atoms with Crippen LogP contribution in [0.3, 0.4) is 0 Å². The zero-order valence-corrected chi connectivity index (χ0v) is 7.65. The van der Waals surface area contributed by atoms with E-state index in [1.165, 1.54) is 5.92 Å². The van der Waals surface area contributed by atoms with Gasteiger partial charge in [-0.3, -0.25) is 6.42 Å². The Kier molecular flexibility index (Phi) is 11.0. The molecule has 0 aromatic heterocycles. The molecule has 0 unspecified atom stereocenters. The molecular formula is C5H10OY-2. The van der Waals surface area contributed by atoms with Crippen LogP contribution in [0.25, 0.3) is 0 Å². The monoisotopic (exact) mass is 175 g/mol. The number of hydrogen-bond acceptors (Lipinski definition) is 1. The van der Waals surface area contributed by atoms with Gasteiger partial charge in [-0.15, -0.1) is 0 Å². The van der Waals surface area contributed by atoms with E-state index in [4.69, 9.17) is 5.11 Å². The Morgan fingerprint density at radius 2 is 2.00 bits per heavy atom. The molecule has 2 heteroatoms. The maximum atomic E-state index is 8.09. The molecule has 0 saturated heterocycles. The predicted molar refractivity (Wildman–Crippen MR) is 25.4 cm³/mol. The first kappa shape index (κ1) is 10.9. The predicted octanol–water partition coefficient (Wildman–Crippen LogP) is 1.52. The van der Waals surface area contributed by atoms with Gasteiger partial charge in [0.15, 0.2) is 0 Å². The zero-order chi connectivity index (χ0) is 4.99. The number of rotatable bonds is 2. The van der Waals surface area contributed by atoms with Crippen molar-refractivity contribution in [1.29, 1.82) is 0 Å². The molecule has 0 aromatic carbocycles. The molecule has 0 fully saturated rings. The second kappa shape index (κ2) is 7.06. The largest absolute Gasteiger partial charge is 0.568 e. The maximum Gasteiger partial charge on any atom is 0 e. The molecule has 0 bridgehead atoms. The van der Waals surface area contributed by atoms with Crippen molar-refractivity contribution in [2.45, 2.75) is 20.3 Å². The van der Waals surface area contributed by atoms with Gasteiger partial charge in [0.1, 0.15) is 0 Å². The fourth-order valence-electron chi connectivity index (χ4n) is 0.183. The Morgan fingerprint density at radius 1 is 1.57 bits per heavy atom. The van der Waals surface area contributed by atoms with Crippen molar-refractivity contribution in [2.24, 2.45) is 0 Å². The minimum atomic E-state index is 0. The second-order valence-corrected chi connectivity index (χ2v) is 1.59. The molecule has 0 atom stereocenters. The first-order chi connectivity index (χ1) is 2.77. The average Bonchev–Trinajstić information content (AvgIpc) is 1.35. The summed E-state index contributed by atoms with van der Waals surface area (Å²) in [6.07, 6.45) is 0.722. The average molecular weight is 175 g/mol. The molecule has 0 amide bonds. The van der Waals surface area contributed by atoms with Crippen molar-refractivity contribution in [3.63, 3.8) is 0 Å². The molecule has 41 valence electrons. The van der Waals surface area contributed by atoms with E-state index in [0.29, 0.717) is 0 Å².